The fourth-order valence-corrected chi connectivity index (χ4v) is 3.94. The predicted molar refractivity (Wildman–Crippen MR) is 151 cm³/mol. The van der Waals surface area contributed by atoms with Gasteiger partial charge in [-0.05, 0) is 38.8 Å². The van der Waals surface area contributed by atoms with Gasteiger partial charge in [0, 0.05) is 52.7 Å². The van der Waals surface area contributed by atoms with Crippen LogP contribution < -0.4 is 33.1 Å². The molecule has 0 saturated heterocycles. The summed E-state index contributed by atoms with van der Waals surface area (Å²) in [6.45, 7) is 10.9. The van der Waals surface area contributed by atoms with Crippen molar-refractivity contribution in [2.24, 2.45) is 34.1 Å². The zero-order chi connectivity index (χ0) is 28.5. The third-order valence-electron chi connectivity index (χ3n) is 5.89. The zero-order valence-corrected chi connectivity index (χ0v) is 23.4. The zero-order valence-electron chi connectivity index (χ0n) is 23.4. The van der Waals surface area contributed by atoms with E-state index in [2.05, 4.69) is 34.4 Å². The summed E-state index contributed by atoms with van der Waals surface area (Å²) in [5.74, 6) is 0.458. The Bertz CT molecular complexity index is 1740. The Labute approximate surface area is 219 Å². The molecule has 38 heavy (non-hydrogen) atoms. The van der Waals surface area contributed by atoms with Crippen molar-refractivity contribution in [3.63, 3.8) is 0 Å². The second-order valence-electron chi connectivity index (χ2n) is 10.7. The van der Waals surface area contributed by atoms with Crippen LogP contribution in [0.15, 0.2) is 43.7 Å². The first-order chi connectivity index (χ1) is 17.7. The molecule has 0 atom stereocenters. The van der Waals surface area contributed by atoms with Crippen LogP contribution in [-0.4, -0.2) is 40.3 Å². The summed E-state index contributed by atoms with van der Waals surface area (Å²) in [7, 11) is 6.17. The molecule has 4 aromatic heterocycles. The number of hydrogen-bond donors (Lipinski definition) is 2. The highest BCUT2D eigenvalue weighted by molar-refractivity contribution is 5.89. The molecule has 0 aliphatic carbocycles. The molecule has 204 valence electrons. The highest BCUT2D eigenvalue weighted by Gasteiger charge is 2.17. The van der Waals surface area contributed by atoms with E-state index in [4.69, 9.17) is 0 Å². The van der Waals surface area contributed by atoms with Crippen molar-refractivity contribution in [3.05, 3.63) is 66.2 Å². The van der Waals surface area contributed by atoms with Gasteiger partial charge in [0.1, 0.15) is 10.8 Å². The summed E-state index contributed by atoms with van der Waals surface area (Å²) in [6, 6.07) is 3.51. The van der Waals surface area contributed by atoms with E-state index in [0.717, 1.165) is 21.4 Å². The molecule has 0 radical (unpaired) electrons. The molecule has 0 aliphatic heterocycles. The van der Waals surface area contributed by atoms with Gasteiger partial charge in [0.2, 0.25) is 0 Å². The van der Waals surface area contributed by atoms with Crippen molar-refractivity contribution < 1.29 is 0 Å². The molecule has 12 nitrogen and oxygen atoms in total. The summed E-state index contributed by atoms with van der Waals surface area (Å²) >= 11 is 0. The fourth-order valence-electron chi connectivity index (χ4n) is 3.94. The van der Waals surface area contributed by atoms with Gasteiger partial charge < -0.3 is 10.6 Å². The molecule has 4 aromatic rings. The van der Waals surface area contributed by atoms with Crippen molar-refractivity contribution in [2.45, 2.75) is 40.2 Å². The van der Waals surface area contributed by atoms with E-state index in [1.807, 2.05) is 20.8 Å². The average Bonchev–Trinajstić information content (AvgIpc) is 2.86. The third-order valence-corrected chi connectivity index (χ3v) is 5.89. The van der Waals surface area contributed by atoms with E-state index < -0.39 is 0 Å². The molecule has 0 bridgehead atoms. The first-order valence-electron chi connectivity index (χ1n) is 12.3. The molecule has 0 unspecified atom stereocenters. The normalized spacial score (nSPS) is 11.5. The van der Waals surface area contributed by atoms with Crippen molar-refractivity contribution >= 4 is 33.4 Å². The molecule has 0 aromatic carbocycles. The summed E-state index contributed by atoms with van der Waals surface area (Å²) in [5, 5.41) is 7.39. The van der Waals surface area contributed by atoms with E-state index >= 15 is 0 Å². The Hall–Kier alpha value is -4.22. The predicted octanol–water partition coefficient (Wildman–Crippen LogP) is 1.54. The van der Waals surface area contributed by atoms with Gasteiger partial charge in [0.25, 0.3) is 11.1 Å². The highest BCUT2D eigenvalue weighted by atomic mass is 16.2. The molecular formula is C26H36N8O4. The Balaban J connectivity index is 0.000000211. The molecule has 4 rings (SSSR count). The van der Waals surface area contributed by atoms with Gasteiger partial charge in [-0.2, -0.15) is 0 Å². The molecule has 0 saturated carbocycles. The largest absolute Gasteiger partial charge is 0.384 e. The van der Waals surface area contributed by atoms with Crippen LogP contribution in [0.3, 0.4) is 0 Å². The van der Waals surface area contributed by atoms with Crippen LogP contribution in [0.2, 0.25) is 0 Å². The van der Waals surface area contributed by atoms with Crippen LogP contribution in [0.4, 0.5) is 11.4 Å². The van der Waals surface area contributed by atoms with E-state index in [9.17, 15) is 19.2 Å². The first kappa shape index (κ1) is 28.4. The van der Waals surface area contributed by atoms with Crippen LogP contribution in [0.5, 0.6) is 0 Å². The fraction of sp³-hybridized carbons (Fsp3) is 0.462. The van der Waals surface area contributed by atoms with Gasteiger partial charge in [0.05, 0.1) is 11.4 Å². The second-order valence-corrected chi connectivity index (χ2v) is 10.7. The number of aromatic nitrogens is 6. The number of nitrogens with zero attached hydrogens (tertiary/aromatic N) is 6. The molecule has 12 heteroatoms. The van der Waals surface area contributed by atoms with E-state index in [1.165, 1.54) is 23.2 Å². The monoisotopic (exact) mass is 524 g/mol. The van der Waals surface area contributed by atoms with Crippen LogP contribution in [-0.2, 0) is 28.2 Å². The van der Waals surface area contributed by atoms with Gasteiger partial charge in [-0.1, -0.05) is 13.8 Å². The van der Waals surface area contributed by atoms with Crippen molar-refractivity contribution in [1.82, 2.24) is 28.2 Å². The minimum Gasteiger partial charge on any atom is -0.384 e. The minimum absolute atomic E-state index is 0.187. The van der Waals surface area contributed by atoms with Gasteiger partial charge in [-0.15, -0.1) is 0 Å². The van der Waals surface area contributed by atoms with Crippen LogP contribution in [0.1, 0.15) is 34.6 Å². The second kappa shape index (κ2) is 10.6. The van der Waals surface area contributed by atoms with Crippen LogP contribution in [0, 0.1) is 5.92 Å². The molecule has 0 amide bonds. The topological polar surface area (TPSA) is 138 Å². The Morgan fingerprint density at radius 2 is 1.16 bits per heavy atom. The lowest BCUT2D eigenvalue weighted by Crippen LogP contribution is -2.38. The third kappa shape index (κ3) is 5.53. The molecule has 4 heterocycles. The standard InChI is InChI=1S/2C13H18N4O2/c1-13(2,3)15-8-6-7-14-10-9(8)11(18)17(5)12(19)16(10)4;1-8(2)7-15-9-5-6-14-11-10(9)12(18)17(4)13(19)16(11)3/h6-7H,1-5H3,(H,14,15);5-6,8H,7H2,1-4H3,(H,14,15). The summed E-state index contributed by atoms with van der Waals surface area (Å²) in [5.41, 5.74) is 0.612. The number of hydrogen-bond acceptors (Lipinski definition) is 8. The van der Waals surface area contributed by atoms with E-state index in [-0.39, 0.29) is 28.0 Å². The SMILES string of the molecule is CC(C)CNc1ccnc2c1c(=O)n(C)c(=O)n2C.Cn1c(=O)c2c(NC(C)(C)C)ccnc2n(C)c1=O. The lowest BCUT2D eigenvalue weighted by molar-refractivity contribution is 0.634. The van der Waals surface area contributed by atoms with Gasteiger partial charge in [0.15, 0.2) is 11.3 Å². The number of fused-ring (bicyclic) bond motifs is 2. The highest BCUT2D eigenvalue weighted by Crippen LogP contribution is 2.20. The summed E-state index contributed by atoms with van der Waals surface area (Å²) in [6.07, 6.45) is 3.19. The van der Waals surface area contributed by atoms with Gasteiger partial charge in [-0.3, -0.25) is 27.9 Å². The molecule has 0 aliphatic rings. The average molecular weight is 525 g/mol. The Morgan fingerprint density at radius 3 is 1.58 bits per heavy atom. The number of rotatable bonds is 4. The van der Waals surface area contributed by atoms with E-state index in [0.29, 0.717) is 33.7 Å². The van der Waals surface area contributed by atoms with Gasteiger partial charge in [-0.25, -0.2) is 19.6 Å². The molecule has 2 N–H and O–H groups in total. The summed E-state index contributed by atoms with van der Waals surface area (Å²) < 4.78 is 4.96. The molecule has 0 fully saturated rings. The lowest BCUT2D eigenvalue weighted by atomic mass is 10.1. The number of aryl methyl sites for hydroxylation is 2. The van der Waals surface area contributed by atoms with Crippen LogP contribution in [0.25, 0.3) is 22.1 Å². The maximum Gasteiger partial charge on any atom is 0.332 e. The number of anilines is 2. The minimum atomic E-state index is -0.377. The smallest absolute Gasteiger partial charge is 0.332 e. The Morgan fingerprint density at radius 1 is 0.737 bits per heavy atom. The van der Waals surface area contributed by atoms with E-state index in [1.54, 1.807) is 38.6 Å². The molecular weight excluding hydrogens is 488 g/mol. The van der Waals surface area contributed by atoms with Crippen LogP contribution >= 0.6 is 0 Å². The summed E-state index contributed by atoms with van der Waals surface area (Å²) in [4.78, 5) is 56.5. The number of nitrogens with one attached hydrogen (secondary N) is 2. The maximum atomic E-state index is 12.3. The Kier molecular flexibility index (Phi) is 7.94. The van der Waals surface area contributed by atoms with Crippen molar-refractivity contribution in [2.75, 3.05) is 17.2 Å². The molecule has 0 spiro atoms. The maximum absolute atomic E-state index is 12.3. The quantitative estimate of drug-likeness (QED) is 0.410. The number of pyridine rings is 2. The van der Waals surface area contributed by atoms with Crippen molar-refractivity contribution in [1.29, 1.82) is 0 Å². The first-order valence-corrected chi connectivity index (χ1v) is 12.3. The van der Waals surface area contributed by atoms with Gasteiger partial charge >= 0.3 is 11.4 Å². The van der Waals surface area contributed by atoms with Crippen molar-refractivity contribution in [3.8, 4) is 0 Å². The lowest BCUT2D eigenvalue weighted by Gasteiger charge is -2.23.